The molecule has 1 fully saturated rings. The Morgan fingerprint density at radius 1 is 1.32 bits per heavy atom. The molecule has 0 atom stereocenters. The van der Waals surface area contributed by atoms with Crippen LogP contribution in [0.1, 0.15) is 12.1 Å². The minimum atomic E-state index is 0.785. The van der Waals surface area contributed by atoms with Crippen LogP contribution in [0.3, 0.4) is 0 Å². The van der Waals surface area contributed by atoms with Gasteiger partial charge in [-0.15, -0.1) is 0 Å². The number of imidazole rings is 1. The second-order valence-corrected chi connectivity index (χ2v) is 4.79. The molecule has 0 aliphatic carbocycles. The zero-order valence-corrected chi connectivity index (χ0v) is 11.3. The zero-order valence-electron chi connectivity index (χ0n) is 11.3. The highest BCUT2D eigenvalue weighted by Gasteiger charge is 2.18. The predicted molar refractivity (Wildman–Crippen MR) is 75.6 cm³/mol. The van der Waals surface area contributed by atoms with E-state index in [0.29, 0.717) is 0 Å². The van der Waals surface area contributed by atoms with Crippen molar-refractivity contribution in [2.24, 2.45) is 0 Å². The minimum Gasteiger partial charge on any atom is -0.380 e. The number of rotatable bonds is 3. The maximum atomic E-state index is 5.53. The van der Waals surface area contributed by atoms with Crippen molar-refractivity contribution >= 4 is 11.5 Å². The van der Waals surface area contributed by atoms with Crippen molar-refractivity contribution in [3.8, 4) is 0 Å². The number of hydrogen-bond donors (Lipinski definition) is 1. The normalized spacial score (nSPS) is 16.8. The summed E-state index contributed by atoms with van der Waals surface area (Å²) in [5, 5.41) is 3.24. The van der Waals surface area contributed by atoms with Crippen molar-refractivity contribution in [2.75, 3.05) is 38.3 Å². The summed E-state index contributed by atoms with van der Waals surface area (Å²) >= 11 is 0. The monoisotopic (exact) mass is 260 g/mol. The largest absolute Gasteiger partial charge is 0.380 e. The lowest BCUT2D eigenvalue weighted by Gasteiger charge is -2.20. The molecule has 2 aromatic heterocycles. The van der Waals surface area contributed by atoms with Crippen LogP contribution in [0, 0.1) is 0 Å². The maximum Gasteiger partial charge on any atom is 0.152 e. The Hall–Kier alpha value is -1.59. The summed E-state index contributed by atoms with van der Waals surface area (Å²) in [5.74, 6) is 1.09. The van der Waals surface area contributed by atoms with E-state index in [1.54, 1.807) is 0 Å². The van der Waals surface area contributed by atoms with Crippen molar-refractivity contribution in [2.45, 2.75) is 13.0 Å². The van der Waals surface area contributed by atoms with Crippen molar-refractivity contribution in [1.29, 1.82) is 0 Å². The highest BCUT2D eigenvalue weighted by atomic mass is 16.5. The standard InChI is InChI=1S/C14H20N4O/c1-15-11-12-14(17-6-4-9-19-10-8-17)16-13-5-2-3-7-18(12)13/h2-3,5,7,15H,4,6,8-11H2,1H3. The quantitative estimate of drug-likeness (QED) is 0.902. The number of aromatic nitrogens is 2. The van der Waals surface area contributed by atoms with E-state index in [1.807, 2.05) is 19.2 Å². The zero-order chi connectivity index (χ0) is 13.1. The molecule has 1 saturated heterocycles. The molecule has 0 spiro atoms. The predicted octanol–water partition coefficient (Wildman–Crippen LogP) is 1.28. The number of ether oxygens (including phenoxy) is 1. The van der Waals surface area contributed by atoms with Crippen molar-refractivity contribution < 1.29 is 4.74 Å². The first-order chi connectivity index (χ1) is 9.40. The lowest BCUT2D eigenvalue weighted by molar-refractivity contribution is 0.152. The first-order valence-corrected chi connectivity index (χ1v) is 6.83. The van der Waals surface area contributed by atoms with E-state index in [4.69, 9.17) is 9.72 Å². The van der Waals surface area contributed by atoms with Crippen LogP contribution in [0.5, 0.6) is 0 Å². The second-order valence-electron chi connectivity index (χ2n) is 4.79. The molecule has 1 aliphatic rings. The Morgan fingerprint density at radius 2 is 2.26 bits per heavy atom. The van der Waals surface area contributed by atoms with E-state index in [-0.39, 0.29) is 0 Å². The van der Waals surface area contributed by atoms with Crippen LogP contribution in [-0.2, 0) is 11.3 Å². The highest BCUT2D eigenvalue weighted by molar-refractivity contribution is 5.56. The molecule has 2 aromatic rings. The van der Waals surface area contributed by atoms with Gasteiger partial charge in [-0.1, -0.05) is 6.07 Å². The minimum absolute atomic E-state index is 0.785. The van der Waals surface area contributed by atoms with Gasteiger partial charge in [0.1, 0.15) is 5.65 Å². The fourth-order valence-corrected chi connectivity index (χ4v) is 2.58. The van der Waals surface area contributed by atoms with Gasteiger partial charge in [0.2, 0.25) is 0 Å². The topological polar surface area (TPSA) is 41.8 Å². The van der Waals surface area contributed by atoms with E-state index >= 15 is 0 Å². The number of hydrogen-bond acceptors (Lipinski definition) is 4. The summed E-state index contributed by atoms with van der Waals surface area (Å²) in [6.45, 7) is 4.39. The molecular formula is C14H20N4O. The van der Waals surface area contributed by atoms with Gasteiger partial charge in [-0.3, -0.25) is 0 Å². The maximum absolute atomic E-state index is 5.53. The average Bonchev–Trinajstić information content (AvgIpc) is 2.64. The Morgan fingerprint density at radius 3 is 3.16 bits per heavy atom. The summed E-state index contributed by atoms with van der Waals surface area (Å²) in [6, 6.07) is 6.13. The SMILES string of the molecule is CNCc1c(N2CCCOCC2)nc2ccccn12. The first kappa shape index (κ1) is 12.4. The molecule has 102 valence electrons. The van der Waals surface area contributed by atoms with Crippen LogP contribution < -0.4 is 10.2 Å². The lowest BCUT2D eigenvalue weighted by Crippen LogP contribution is -2.28. The average molecular weight is 260 g/mol. The Labute approximate surface area is 113 Å². The Bertz CT molecular complexity index is 543. The third kappa shape index (κ3) is 2.43. The van der Waals surface area contributed by atoms with Gasteiger partial charge < -0.3 is 19.4 Å². The van der Waals surface area contributed by atoms with Crippen LogP contribution in [0.4, 0.5) is 5.82 Å². The van der Waals surface area contributed by atoms with E-state index in [2.05, 4.69) is 26.9 Å². The van der Waals surface area contributed by atoms with Crippen LogP contribution in [0.2, 0.25) is 0 Å². The highest BCUT2D eigenvalue weighted by Crippen LogP contribution is 2.22. The second kappa shape index (κ2) is 5.59. The van der Waals surface area contributed by atoms with Crippen molar-refractivity contribution in [3.63, 3.8) is 0 Å². The molecule has 3 heterocycles. The third-order valence-corrected chi connectivity index (χ3v) is 3.47. The lowest BCUT2D eigenvalue weighted by atomic mass is 10.3. The molecule has 0 radical (unpaired) electrons. The molecule has 1 aliphatic heterocycles. The van der Waals surface area contributed by atoms with Gasteiger partial charge >= 0.3 is 0 Å². The summed E-state index contributed by atoms with van der Waals surface area (Å²) in [7, 11) is 1.97. The van der Waals surface area contributed by atoms with Gasteiger partial charge in [0, 0.05) is 32.4 Å². The molecule has 0 amide bonds. The van der Waals surface area contributed by atoms with E-state index in [1.165, 1.54) is 5.69 Å². The third-order valence-electron chi connectivity index (χ3n) is 3.47. The summed E-state index contributed by atoms with van der Waals surface area (Å²) in [6.07, 6.45) is 3.14. The van der Waals surface area contributed by atoms with E-state index < -0.39 is 0 Å². The Kier molecular flexibility index (Phi) is 3.66. The van der Waals surface area contributed by atoms with Gasteiger partial charge in [-0.2, -0.15) is 0 Å². The van der Waals surface area contributed by atoms with Gasteiger partial charge in [-0.25, -0.2) is 4.98 Å². The molecule has 0 aromatic carbocycles. The van der Waals surface area contributed by atoms with E-state index in [0.717, 1.165) is 50.7 Å². The first-order valence-electron chi connectivity index (χ1n) is 6.83. The fraction of sp³-hybridized carbons (Fsp3) is 0.500. The van der Waals surface area contributed by atoms with Gasteiger partial charge in [0.25, 0.3) is 0 Å². The molecular weight excluding hydrogens is 240 g/mol. The van der Waals surface area contributed by atoms with Crippen molar-refractivity contribution in [3.05, 3.63) is 30.1 Å². The van der Waals surface area contributed by atoms with Crippen LogP contribution >= 0.6 is 0 Å². The number of anilines is 1. The van der Waals surface area contributed by atoms with Gasteiger partial charge in [0.05, 0.1) is 12.3 Å². The fourth-order valence-electron chi connectivity index (χ4n) is 2.58. The number of nitrogens with one attached hydrogen (secondary N) is 1. The molecule has 0 unspecified atom stereocenters. The van der Waals surface area contributed by atoms with Gasteiger partial charge in [0.15, 0.2) is 5.82 Å². The molecule has 0 bridgehead atoms. The van der Waals surface area contributed by atoms with Crippen LogP contribution in [0.15, 0.2) is 24.4 Å². The molecule has 5 heteroatoms. The number of nitrogens with zero attached hydrogens (tertiary/aromatic N) is 3. The van der Waals surface area contributed by atoms with Gasteiger partial charge in [-0.05, 0) is 25.6 Å². The van der Waals surface area contributed by atoms with Crippen molar-refractivity contribution in [1.82, 2.24) is 14.7 Å². The molecule has 19 heavy (non-hydrogen) atoms. The number of fused-ring (bicyclic) bond motifs is 1. The number of pyridine rings is 1. The molecule has 3 rings (SSSR count). The van der Waals surface area contributed by atoms with Crippen LogP contribution in [-0.4, -0.2) is 42.7 Å². The summed E-state index contributed by atoms with van der Waals surface area (Å²) in [5.41, 5.74) is 2.23. The summed E-state index contributed by atoms with van der Waals surface area (Å²) < 4.78 is 7.69. The van der Waals surface area contributed by atoms with E-state index in [9.17, 15) is 0 Å². The summed E-state index contributed by atoms with van der Waals surface area (Å²) in [4.78, 5) is 7.13. The molecule has 0 saturated carbocycles. The Balaban J connectivity index is 2.02. The van der Waals surface area contributed by atoms with Crippen LogP contribution in [0.25, 0.3) is 5.65 Å². The molecule has 5 nitrogen and oxygen atoms in total. The molecule has 1 N–H and O–H groups in total. The smallest absolute Gasteiger partial charge is 0.152 e.